The molecule has 5 rings (SSSR count). The van der Waals surface area contributed by atoms with E-state index in [0.717, 1.165) is 30.9 Å². The second kappa shape index (κ2) is 5.41. The maximum atomic E-state index is 13.8. The monoisotopic (exact) mass is 372 g/mol. The van der Waals surface area contributed by atoms with E-state index in [4.69, 9.17) is 11.8 Å². The molecule has 1 heterocycles. The summed E-state index contributed by atoms with van der Waals surface area (Å²) >= 11 is 1.33. The molecule has 0 N–H and O–H groups in total. The van der Waals surface area contributed by atoms with Gasteiger partial charge in [-0.05, 0) is 35.0 Å². The average Bonchev–Trinajstić information content (AvgIpc) is 3.24. The summed E-state index contributed by atoms with van der Waals surface area (Å²) < 4.78 is 29.1. The minimum Gasteiger partial charge on any atom is -0.207 e. The molecule has 0 bridgehead atoms. The maximum Gasteiger partial charge on any atom is 0.206 e. The second-order valence-electron chi connectivity index (χ2n) is 6.00. The van der Waals surface area contributed by atoms with E-state index in [1.54, 1.807) is 18.3 Å². The van der Waals surface area contributed by atoms with Crippen LogP contribution in [0.1, 0.15) is 0 Å². The van der Waals surface area contributed by atoms with E-state index >= 15 is 0 Å². The van der Waals surface area contributed by atoms with Gasteiger partial charge in [-0.3, -0.25) is 0 Å². The molecule has 27 heavy (non-hydrogen) atoms. The number of fused-ring (bicyclic) bond motifs is 7. The summed E-state index contributed by atoms with van der Waals surface area (Å²) in [5.74, 6) is -0.823. The Hall–Kier alpha value is -3.68. The lowest BCUT2D eigenvalue weighted by Gasteiger charge is -1.94. The molecule has 0 aliphatic carbocycles. The SMILES string of the molecule is [C-]#[N+]/N=c1\c2cc(F)ccc2c2c1sc1c(=NC#N)c3cc(F)ccc3c12. The van der Waals surface area contributed by atoms with Crippen LogP contribution < -0.4 is 10.7 Å². The molecule has 0 atom stereocenters. The third-order valence-electron chi connectivity index (χ3n) is 4.66. The molecule has 0 radical (unpaired) electrons. The number of nitrogens with zero attached hydrogens (tertiary/aromatic N) is 4. The molecule has 0 fully saturated rings. The van der Waals surface area contributed by atoms with Crippen molar-refractivity contribution in [3.63, 3.8) is 0 Å². The summed E-state index contributed by atoms with van der Waals surface area (Å²) in [6.45, 7) is 7.11. The van der Waals surface area contributed by atoms with Gasteiger partial charge in [0, 0.05) is 21.5 Å². The normalized spacial score (nSPS) is 13.2. The number of hydrogen-bond donors (Lipinski definition) is 0. The van der Waals surface area contributed by atoms with Gasteiger partial charge in [0.05, 0.1) is 14.5 Å². The summed E-state index contributed by atoms with van der Waals surface area (Å²) in [6, 6.07) is 8.76. The average molecular weight is 372 g/mol. The molecule has 7 heteroatoms. The van der Waals surface area contributed by atoms with Crippen molar-refractivity contribution in [2.24, 2.45) is 10.1 Å². The van der Waals surface area contributed by atoms with Gasteiger partial charge in [-0.15, -0.1) is 16.3 Å². The van der Waals surface area contributed by atoms with Crippen LogP contribution in [0.15, 0.2) is 46.5 Å². The molecular weight excluding hydrogens is 366 g/mol. The van der Waals surface area contributed by atoms with Crippen LogP contribution in [0.4, 0.5) is 8.78 Å². The summed E-state index contributed by atoms with van der Waals surface area (Å²) in [4.78, 5) is 7.04. The van der Waals surface area contributed by atoms with Gasteiger partial charge < -0.3 is 0 Å². The number of rotatable bonds is 0. The fraction of sp³-hybridized carbons (Fsp3) is 0. The highest BCUT2D eigenvalue weighted by atomic mass is 32.1. The van der Waals surface area contributed by atoms with E-state index in [0.29, 0.717) is 21.5 Å². The van der Waals surface area contributed by atoms with Crippen molar-refractivity contribution < 1.29 is 8.78 Å². The van der Waals surface area contributed by atoms with Gasteiger partial charge in [-0.2, -0.15) is 16.8 Å². The van der Waals surface area contributed by atoms with Crippen LogP contribution in [0.5, 0.6) is 0 Å². The molecule has 0 unspecified atom stereocenters. The lowest BCUT2D eigenvalue weighted by molar-refractivity contribution is 0.629. The van der Waals surface area contributed by atoms with Crippen molar-refractivity contribution in [3.05, 3.63) is 70.3 Å². The fourth-order valence-corrected chi connectivity index (χ4v) is 5.03. The van der Waals surface area contributed by atoms with E-state index in [1.165, 1.54) is 35.6 Å². The van der Waals surface area contributed by atoms with Gasteiger partial charge in [0.1, 0.15) is 17.0 Å². The highest BCUT2D eigenvalue weighted by Gasteiger charge is 2.22. The molecule has 4 aromatic carbocycles. The predicted octanol–water partition coefficient (Wildman–Crippen LogP) is 4.63. The number of hydrogen-bond acceptors (Lipinski definition) is 4. The Morgan fingerprint density at radius 1 is 0.889 bits per heavy atom. The van der Waals surface area contributed by atoms with Crippen LogP contribution in [0.25, 0.3) is 46.7 Å². The Labute approximate surface area is 154 Å². The first-order valence-corrected chi connectivity index (χ1v) is 8.65. The summed E-state index contributed by atoms with van der Waals surface area (Å²) in [5.41, 5.74) is 0. The van der Waals surface area contributed by atoms with Crippen LogP contribution in [-0.4, -0.2) is 0 Å². The Morgan fingerprint density at radius 2 is 1.44 bits per heavy atom. The fourth-order valence-electron chi connectivity index (χ4n) is 3.69. The van der Waals surface area contributed by atoms with Crippen molar-refractivity contribution in [1.29, 1.82) is 5.26 Å². The third kappa shape index (κ3) is 1.97. The molecule has 126 valence electrons. The predicted molar refractivity (Wildman–Crippen MR) is 100.0 cm³/mol. The van der Waals surface area contributed by atoms with E-state index < -0.39 is 11.6 Å². The lowest BCUT2D eigenvalue weighted by atomic mass is 10.1. The molecule has 0 saturated heterocycles. The number of nitriles is 1. The first kappa shape index (κ1) is 15.6. The Kier molecular flexibility index (Phi) is 3.12. The number of benzene rings is 2. The van der Waals surface area contributed by atoms with Crippen LogP contribution in [0.2, 0.25) is 0 Å². The van der Waals surface area contributed by atoms with Gasteiger partial charge in [0.25, 0.3) is 0 Å². The van der Waals surface area contributed by atoms with E-state index in [9.17, 15) is 8.78 Å². The Bertz CT molecular complexity index is 1500. The first-order chi connectivity index (χ1) is 13.1. The van der Waals surface area contributed by atoms with Gasteiger partial charge in [0.2, 0.25) is 6.19 Å². The summed E-state index contributed by atoms with van der Waals surface area (Å²) in [7, 11) is 0. The molecule has 0 aliphatic rings. The molecule has 0 amide bonds. The molecule has 0 saturated carbocycles. The zero-order valence-corrected chi connectivity index (χ0v) is 14.2. The van der Waals surface area contributed by atoms with Crippen molar-refractivity contribution in [2.45, 2.75) is 0 Å². The zero-order valence-electron chi connectivity index (χ0n) is 13.4. The van der Waals surface area contributed by atoms with Crippen molar-refractivity contribution in [3.8, 4) is 6.19 Å². The van der Waals surface area contributed by atoms with Gasteiger partial charge >= 0.3 is 0 Å². The standard InChI is InChI=1S/C20H6F2N4S/c1-24-26-18-14-7-10(22)3-5-12(14)16-15-11-4-2-9(21)6-13(11)17(25-8-23)19(15)27-20(16)18/h2-7H/b25-17?,26-18+. The minimum absolute atomic E-state index is 0.409. The van der Waals surface area contributed by atoms with Crippen molar-refractivity contribution >= 4 is 53.1 Å². The Morgan fingerprint density at radius 3 is 2.00 bits per heavy atom. The van der Waals surface area contributed by atoms with Crippen molar-refractivity contribution in [2.75, 3.05) is 0 Å². The summed E-state index contributed by atoms with van der Waals surface area (Å²) in [6.07, 6.45) is 1.78. The van der Waals surface area contributed by atoms with Gasteiger partial charge in [0.15, 0.2) is 5.36 Å². The zero-order chi connectivity index (χ0) is 18.7. The largest absolute Gasteiger partial charge is 0.207 e. The molecule has 4 nitrogen and oxygen atoms in total. The number of thiophene rings is 1. The maximum absolute atomic E-state index is 13.8. The van der Waals surface area contributed by atoms with Crippen molar-refractivity contribution in [1.82, 2.24) is 0 Å². The van der Waals surface area contributed by atoms with Crippen LogP contribution in [0, 0.1) is 29.7 Å². The second-order valence-corrected chi connectivity index (χ2v) is 7.02. The molecule has 5 aromatic rings. The topological polar surface area (TPSA) is 52.9 Å². The minimum atomic E-state index is -0.413. The molecule has 0 spiro atoms. The lowest BCUT2D eigenvalue weighted by Crippen LogP contribution is -1.97. The highest BCUT2D eigenvalue weighted by Crippen LogP contribution is 2.41. The quantitative estimate of drug-likeness (QED) is 0.222. The molecule has 1 aromatic heterocycles. The molecular formula is C20H6F2N4S. The van der Waals surface area contributed by atoms with Gasteiger partial charge in [-0.25, -0.2) is 8.78 Å². The summed E-state index contributed by atoms with van der Waals surface area (Å²) in [5, 5.41) is 18.1. The van der Waals surface area contributed by atoms with E-state index in [2.05, 4.69) is 15.0 Å². The van der Waals surface area contributed by atoms with Gasteiger partial charge in [-0.1, -0.05) is 12.1 Å². The highest BCUT2D eigenvalue weighted by molar-refractivity contribution is 7.26. The van der Waals surface area contributed by atoms with Crippen LogP contribution in [0.3, 0.4) is 0 Å². The van der Waals surface area contributed by atoms with E-state index in [-0.39, 0.29) is 0 Å². The van der Waals surface area contributed by atoms with Crippen LogP contribution in [-0.2, 0) is 0 Å². The molecule has 0 aliphatic heterocycles. The van der Waals surface area contributed by atoms with E-state index in [1.807, 2.05) is 0 Å². The third-order valence-corrected chi connectivity index (χ3v) is 5.87. The first-order valence-electron chi connectivity index (χ1n) is 7.83. The smallest absolute Gasteiger partial charge is 0.206 e. The number of halogens is 2. The Balaban J connectivity index is 2.18. The van der Waals surface area contributed by atoms with Crippen LogP contribution >= 0.6 is 11.3 Å².